The van der Waals surface area contributed by atoms with E-state index in [-0.39, 0.29) is 6.10 Å². The van der Waals surface area contributed by atoms with Gasteiger partial charge < -0.3 is 4.74 Å². The van der Waals surface area contributed by atoms with Crippen LogP contribution in [0.5, 0.6) is 0 Å². The van der Waals surface area contributed by atoms with Gasteiger partial charge in [-0.25, -0.2) is 8.78 Å². The third kappa shape index (κ3) is 5.03. The van der Waals surface area contributed by atoms with Crippen molar-refractivity contribution < 1.29 is 26.7 Å². The molecule has 6 heteroatoms. The molecule has 0 bridgehead atoms. The standard InChI is InChI=1S/C17H19F5O/c1-2-3-11-4-7-16(23-10-11)12-5-6-13(14(18)8-12)15(19)9-17(20,21)22/h5-6,8-9,11,16H,2-4,7,10H2,1H3. The Kier molecular flexibility index (Phi) is 5.79. The number of hydrogen-bond acceptors (Lipinski definition) is 1. The van der Waals surface area contributed by atoms with Crippen molar-refractivity contribution in [3.63, 3.8) is 0 Å². The van der Waals surface area contributed by atoms with E-state index in [1.807, 2.05) is 0 Å². The van der Waals surface area contributed by atoms with Crippen LogP contribution in [-0.2, 0) is 4.74 Å². The van der Waals surface area contributed by atoms with Crippen LogP contribution >= 0.6 is 0 Å². The van der Waals surface area contributed by atoms with Crippen molar-refractivity contribution in [3.05, 3.63) is 41.2 Å². The maximum atomic E-state index is 13.9. The topological polar surface area (TPSA) is 9.23 Å². The number of alkyl halides is 3. The summed E-state index contributed by atoms with van der Waals surface area (Å²) >= 11 is 0. The van der Waals surface area contributed by atoms with Crippen LogP contribution in [-0.4, -0.2) is 12.8 Å². The Balaban J connectivity index is 2.10. The largest absolute Gasteiger partial charge is 0.412 e. The van der Waals surface area contributed by atoms with Crippen molar-refractivity contribution >= 4 is 5.83 Å². The lowest BCUT2D eigenvalue weighted by Crippen LogP contribution is -2.20. The zero-order valence-corrected chi connectivity index (χ0v) is 12.8. The third-order valence-electron chi connectivity index (χ3n) is 3.98. The van der Waals surface area contributed by atoms with Crippen LogP contribution in [0.4, 0.5) is 22.0 Å². The van der Waals surface area contributed by atoms with Gasteiger partial charge in [0.05, 0.1) is 18.8 Å². The highest BCUT2D eigenvalue weighted by molar-refractivity contribution is 5.60. The first-order valence-electron chi connectivity index (χ1n) is 7.66. The van der Waals surface area contributed by atoms with E-state index in [0.717, 1.165) is 37.8 Å². The highest BCUT2D eigenvalue weighted by Crippen LogP contribution is 2.34. The molecular formula is C17H19F5O. The monoisotopic (exact) mass is 334 g/mol. The van der Waals surface area contributed by atoms with Gasteiger partial charge in [0.1, 0.15) is 11.6 Å². The summed E-state index contributed by atoms with van der Waals surface area (Å²) in [7, 11) is 0. The summed E-state index contributed by atoms with van der Waals surface area (Å²) in [5.41, 5.74) is -0.160. The Bertz CT molecular complexity index is 557. The molecule has 0 N–H and O–H groups in total. The number of hydrogen-bond donors (Lipinski definition) is 0. The molecule has 2 unspecified atom stereocenters. The second kappa shape index (κ2) is 7.43. The van der Waals surface area contributed by atoms with Gasteiger partial charge in [-0.1, -0.05) is 19.4 Å². The van der Waals surface area contributed by atoms with E-state index < -0.39 is 29.5 Å². The molecule has 1 aliphatic heterocycles. The number of allylic oxidation sites excluding steroid dienone is 1. The van der Waals surface area contributed by atoms with Crippen molar-refractivity contribution in [3.8, 4) is 0 Å². The fourth-order valence-electron chi connectivity index (χ4n) is 2.85. The lowest BCUT2D eigenvalue weighted by atomic mass is 9.91. The van der Waals surface area contributed by atoms with Crippen LogP contribution in [0.2, 0.25) is 0 Å². The highest BCUT2D eigenvalue weighted by atomic mass is 19.4. The van der Waals surface area contributed by atoms with Crippen molar-refractivity contribution in [1.82, 2.24) is 0 Å². The first-order valence-corrected chi connectivity index (χ1v) is 7.66. The second-order valence-corrected chi connectivity index (χ2v) is 5.83. The minimum absolute atomic E-state index is 0.290. The van der Waals surface area contributed by atoms with Gasteiger partial charge in [-0.2, -0.15) is 13.2 Å². The molecule has 1 aromatic carbocycles. The molecule has 0 spiro atoms. The zero-order chi connectivity index (χ0) is 17.0. The van der Waals surface area contributed by atoms with Gasteiger partial charge in [0, 0.05) is 5.56 Å². The quantitative estimate of drug-likeness (QED) is 0.617. The van der Waals surface area contributed by atoms with Crippen LogP contribution in [0.1, 0.15) is 49.8 Å². The van der Waals surface area contributed by atoms with Gasteiger partial charge in [-0.3, -0.25) is 0 Å². The molecule has 2 atom stereocenters. The number of rotatable bonds is 4. The molecule has 1 aromatic rings. The molecule has 23 heavy (non-hydrogen) atoms. The second-order valence-electron chi connectivity index (χ2n) is 5.83. The number of halogens is 5. The lowest BCUT2D eigenvalue weighted by molar-refractivity contribution is -0.0798. The molecular weight excluding hydrogens is 315 g/mol. The van der Waals surface area contributed by atoms with Gasteiger partial charge in [0.2, 0.25) is 0 Å². The molecule has 0 aliphatic carbocycles. The van der Waals surface area contributed by atoms with E-state index in [2.05, 4.69) is 6.92 Å². The van der Waals surface area contributed by atoms with Crippen LogP contribution in [0.25, 0.3) is 5.83 Å². The van der Waals surface area contributed by atoms with E-state index in [1.54, 1.807) is 0 Å². The van der Waals surface area contributed by atoms with Gasteiger partial charge in [-0.15, -0.1) is 0 Å². The minimum Gasteiger partial charge on any atom is -0.373 e. The van der Waals surface area contributed by atoms with Crippen LogP contribution in [0.3, 0.4) is 0 Å². The highest BCUT2D eigenvalue weighted by Gasteiger charge is 2.27. The predicted molar refractivity (Wildman–Crippen MR) is 77.9 cm³/mol. The Labute approximate surface area is 132 Å². The first kappa shape index (κ1) is 17.9. The third-order valence-corrected chi connectivity index (χ3v) is 3.98. The van der Waals surface area contributed by atoms with E-state index in [1.165, 1.54) is 6.07 Å². The summed E-state index contributed by atoms with van der Waals surface area (Å²) in [6, 6.07) is 3.51. The average molecular weight is 334 g/mol. The van der Waals surface area contributed by atoms with E-state index >= 15 is 0 Å². The molecule has 0 amide bonds. The summed E-state index contributed by atoms with van der Waals surface area (Å²) in [4.78, 5) is 0. The Hall–Kier alpha value is -1.43. The Morgan fingerprint density at radius 1 is 1.30 bits per heavy atom. The smallest absolute Gasteiger partial charge is 0.373 e. The van der Waals surface area contributed by atoms with E-state index in [9.17, 15) is 22.0 Å². The number of benzene rings is 1. The Morgan fingerprint density at radius 2 is 2.04 bits per heavy atom. The summed E-state index contributed by atoms with van der Waals surface area (Å²) in [6.07, 6.45) is -1.82. The summed E-state index contributed by atoms with van der Waals surface area (Å²) in [5, 5.41) is 0. The maximum absolute atomic E-state index is 13.9. The number of ether oxygens (including phenoxy) is 1. The fraction of sp³-hybridized carbons (Fsp3) is 0.529. The Morgan fingerprint density at radius 3 is 2.57 bits per heavy atom. The SMILES string of the molecule is CCCC1CCC(c2ccc(C(F)=CC(F)(F)F)c(F)c2)OC1. The van der Waals surface area contributed by atoms with Crippen molar-refractivity contribution in [2.24, 2.45) is 5.92 Å². The molecule has 0 saturated carbocycles. The van der Waals surface area contributed by atoms with Gasteiger partial charge in [0.25, 0.3) is 0 Å². The van der Waals surface area contributed by atoms with Gasteiger partial charge in [-0.05, 0) is 42.9 Å². The van der Waals surface area contributed by atoms with Crippen molar-refractivity contribution in [2.75, 3.05) is 6.61 Å². The molecule has 1 aliphatic rings. The van der Waals surface area contributed by atoms with Crippen LogP contribution in [0, 0.1) is 11.7 Å². The maximum Gasteiger partial charge on any atom is 0.412 e. The summed E-state index contributed by atoms with van der Waals surface area (Å²) in [6.45, 7) is 2.69. The van der Waals surface area contributed by atoms with Crippen molar-refractivity contribution in [1.29, 1.82) is 0 Å². The zero-order valence-electron chi connectivity index (χ0n) is 12.8. The van der Waals surface area contributed by atoms with Gasteiger partial charge in [0.15, 0.2) is 0 Å². The van der Waals surface area contributed by atoms with Crippen LogP contribution < -0.4 is 0 Å². The predicted octanol–water partition coefficient (Wildman–Crippen LogP) is 5.97. The van der Waals surface area contributed by atoms with E-state index in [4.69, 9.17) is 4.74 Å². The molecule has 128 valence electrons. The first-order chi connectivity index (χ1) is 10.8. The summed E-state index contributed by atoms with van der Waals surface area (Å²) < 4.78 is 69.5. The minimum atomic E-state index is -4.82. The molecule has 1 saturated heterocycles. The van der Waals surface area contributed by atoms with E-state index in [0.29, 0.717) is 18.1 Å². The molecule has 2 rings (SSSR count). The molecule has 1 nitrogen and oxygen atoms in total. The molecule has 0 radical (unpaired) electrons. The van der Waals surface area contributed by atoms with Gasteiger partial charge >= 0.3 is 6.18 Å². The fourth-order valence-corrected chi connectivity index (χ4v) is 2.85. The average Bonchev–Trinajstić information content (AvgIpc) is 2.46. The normalized spacial score (nSPS) is 23.1. The van der Waals surface area contributed by atoms with Crippen molar-refractivity contribution in [2.45, 2.75) is 44.9 Å². The molecule has 1 heterocycles. The molecule has 1 fully saturated rings. The lowest BCUT2D eigenvalue weighted by Gasteiger charge is -2.29. The molecule has 0 aromatic heterocycles. The summed E-state index contributed by atoms with van der Waals surface area (Å²) in [5.74, 6) is -2.15. The van der Waals surface area contributed by atoms with Crippen LogP contribution in [0.15, 0.2) is 24.3 Å².